The first-order valence-electron chi connectivity index (χ1n) is 8.60. The van der Waals surface area contributed by atoms with Gasteiger partial charge in [0.25, 0.3) is 11.8 Å². The number of carboxylic acids is 1. The Kier molecular flexibility index (Phi) is 3.23. The summed E-state index contributed by atoms with van der Waals surface area (Å²) in [6, 6.07) is 7.20. The summed E-state index contributed by atoms with van der Waals surface area (Å²) < 4.78 is 0. The number of carbonyl (C=O) groups is 3. The van der Waals surface area contributed by atoms with Crippen molar-refractivity contribution in [3.63, 3.8) is 0 Å². The van der Waals surface area contributed by atoms with Gasteiger partial charge in [0.15, 0.2) is 0 Å². The lowest BCUT2D eigenvalue weighted by molar-refractivity contribution is -0.138. The number of hydrogen-bond donors (Lipinski definition) is 1. The van der Waals surface area contributed by atoms with E-state index in [0.717, 1.165) is 22.0 Å². The predicted molar refractivity (Wildman–Crippen MR) is 97.6 cm³/mol. The first-order valence-corrected chi connectivity index (χ1v) is 8.60. The van der Waals surface area contributed by atoms with E-state index in [1.165, 1.54) is 0 Å². The molecule has 6 heteroatoms. The summed E-state index contributed by atoms with van der Waals surface area (Å²) in [5, 5.41) is 10.9. The molecule has 0 spiro atoms. The summed E-state index contributed by atoms with van der Waals surface area (Å²) >= 11 is 0. The van der Waals surface area contributed by atoms with E-state index in [-0.39, 0.29) is 18.2 Å². The minimum absolute atomic E-state index is 0.142. The maximum atomic E-state index is 13.3. The number of benzene rings is 2. The molecule has 1 N–H and O–H groups in total. The van der Waals surface area contributed by atoms with E-state index in [1.807, 2.05) is 38.1 Å². The Balaban J connectivity index is 2.00. The van der Waals surface area contributed by atoms with Gasteiger partial charge < -0.3 is 14.9 Å². The standard InChI is InChI=1S/C20H20N2O4/c1-10(8-14(23)24)22-19(26)16-12(20(22,2)3)9-11-6-5-7-13-15(11)17(16)18(25)21(13)4/h5-7,9-10H,8H2,1-4H3,(H,23,24). The van der Waals surface area contributed by atoms with E-state index in [4.69, 9.17) is 5.11 Å². The molecule has 4 rings (SSSR count). The summed E-state index contributed by atoms with van der Waals surface area (Å²) in [5.41, 5.74) is 1.75. The van der Waals surface area contributed by atoms with Crippen LogP contribution in [0.15, 0.2) is 24.3 Å². The van der Waals surface area contributed by atoms with Crippen LogP contribution in [0.2, 0.25) is 0 Å². The number of carboxylic acid groups (broad SMARTS) is 1. The molecule has 6 nitrogen and oxygen atoms in total. The molecule has 1 unspecified atom stereocenters. The van der Waals surface area contributed by atoms with Gasteiger partial charge in [0, 0.05) is 18.5 Å². The molecule has 2 heterocycles. The molecular weight excluding hydrogens is 332 g/mol. The Bertz CT molecular complexity index is 1010. The fraction of sp³-hybridized carbons (Fsp3) is 0.350. The number of hydrogen-bond acceptors (Lipinski definition) is 3. The SMILES string of the molecule is CC(CC(=O)O)N1C(=O)c2c(cc3cccc4c3c2C(=O)N4C)C1(C)C. The largest absolute Gasteiger partial charge is 0.481 e. The van der Waals surface area contributed by atoms with Crippen LogP contribution in [0.5, 0.6) is 0 Å². The number of nitrogens with zero attached hydrogens (tertiary/aromatic N) is 2. The van der Waals surface area contributed by atoms with Crippen molar-refractivity contribution in [3.05, 3.63) is 41.0 Å². The van der Waals surface area contributed by atoms with Crippen molar-refractivity contribution >= 4 is 34.2 Å². The van der Waals surface area contributed by atoms with Crippen LogP contribution in [0, 0.1) is 0 Å². The Hall–Kier alpha value is -2.89. The summed E-state index contributed by atoms with van der Waals surface area (Å²) in [6.07, 6.45) is -0.142. The van der Waals surface area contributed by atoms with Crippen molar-refractivity contribution in [2.24, 2.45) is 0 Å². The number of aliphatic carboxylic acids is 1. The van der Waals surface area contributed by atoms with Crippen LogP contribution in [-0.4, -0.2) is 40.9 Å². The van der Waals surface area contributed by atoms with Gasteiger partial charge in [-0.2, -0.15) is 0 Å². The lowest BCUT2D eigenvalue weighted by Crippen LogP contribution is -2.46. The highest BCUT2D eigenvalue weighted by Gasteiger charge is 2.49. The number of fused-ring (bicyclic) bond motifs is 2. The second-order valence-corrected chi connectivity index (χ2v) is 7.59. The zero-order chi connectivity index (χ0) is 19.0. The number of carbonyl (C=O) groups excluding carboxylic acids is 2. The van der Waals surface area contributed by atoms with Crippen molar-refractivity contribution in [1.82, 2.24) is 4.90 Å². The lowest BCUT2D eigenvalue weighted by Gasteiger charge is -2.37. The smallest absolute Gasteiger partial charge is 0.305 e. The molecule has 0 saturated heterocycles. The highest BCUT2D eigenvalue weighted by molar-refractivity contribution is 6.29. The van der Waals surface area contributed by atoms with Crippen molar-refractivity contribution in [2.75, 3.05) is 11.9 Å². The fourth-order valence-electron chi connectivity index (χ4n) is 4.51. The average molecular weight is 352 g/mol. The van der Waals surface area contributed by atoms with Gasteiger partial charge >= 0.3 is 5.97 Å². The van der Waals surface area contributed by atoms with Crippen LogP contribution in [0.1, 0.15) is 53.5 Å². The van der Waals surface area contributed by atoms with Crippen LogP contribution >= 0.6 is 0 Å². The van der Waals surface area contributed by atoms with E-state index < -0.39 is 17.6 Å². The molecule has 26 heavy (non-hydrogen) atoms. The third kappa shape index (κ3) is 1.90. The molecule has 2 aromatic rings. The van der Waals surface area contributed by atoms with E-state index in [1.54, 1.807) is 23.8 Å². The number of amides is 2. The van der Waals surface area contributed by atoms with Gasteiger partial charge in [0.1, 0.15) is 0 Å². The molecule has 0 fully saturated rings. The Morgan fingerprint density at radius 3 is 2.54 bits per heavy atom. The topological polar surface area (TPSA) is 77.9 Å². The van der Waals surface area contributed by atoms with Crippen LogP contribution in [-0.2, 0) is 10.3 Å². The van der Waals surface area contributed by atoms with E-state index in [9.17, 15) is 14.4 Å². The zero-order valence-electron chi connectivity index (χ0n) is 15.2. The quantitative estimate of drug-likeness (QED) is 0.921. The molecule has 134 valence electrons. The molecule has 0 radical (unpaired) electrons. The summed E-state index contributed by atoms with van der Waals surface area (Å²) in [6.45, 7) is 5.54. The second kappa shape index (κ2) is 5.06. The Morgan fingerprint density at radius 2 is 1.88 bits per heavy atom. The van der Waals surface area contributed by atoms with Gasteiger partial charge in [-0.1, -0.05) is 12.1 Å². The molecule has 0 saturated carbocycles. The van der Waals surface area contributed by atoms with Gasteiger partial charge in [-0.25, -0.2) is 0 Å². The monoisotopic (exact) mass is 352 g/mol. The molecule has 2 aliphatic rings. The molecular formula is C20H20N2O4. The Morgan fingerprint density at radius 1 is 1.19 bits per heavy atom. The maximum absolute atomic E-state index is 13.3. The molecule has 2 amide bonds. The third-order valence-electron chi connectivity index (χ3n) is 5.63. The molecule has 0 aliphatic carbocycles. The van der Waals surface area contributed by atoms with E-state index >= 15 is 0 Å². The van der Waals surface area contributed by atoms with Crippen molar-refractivity contribution in [1.29, 1.82) is 0 Å². The van der Waals surface area contributed by atoms with Gasteiger partial charge in [-0.15, -0.1) is 0 Å². The number of rotatable bonds is 3. The molecule has 1 atom stereocenters. The molecule has 0 bridgehead atoms. The lowest BCUT2D eigenvalue weighted by atomic mass is 9.88. The zero-order valence-corrected chi connectivity index (χ0v) is 15.2. The van der Waals surface area contributed by atoms with Gasteiger partial charge in [0.2, 0.25) is 0 Å². The molecule has 2 aromatic carbocycles. The van der Waals surface area contributed by atoms with Gasteiger partial charge in [0.05, 0.1) is 28.8 Å². The molecule has 0 aromatic heterocycles. The van der Waals surface area contributed by atoms with Crippen LogP contribution in [0.25, 0.3) is 10.8 Å². The normalized spacial score (nSPS) is 18.6. The van der Waals surface area contributed by atoms with Crippen LogP contribution < -0.4 is 4.90 Å². The summed E-state index contributed by atoms with van der Waals surface area (Å²) in [7, 11) is 1.71. The molecule has 2 aliphatic heterocycles. The van der Waals surface area contributed by atoms with Crippen LogP contribution in [0.4, 0.5) is 5.69 Å². The predicted octanol–water partition coefficient (Wildman–Crippen LogP) is 2.98. The average Bonchev–Trinajstić information content (AvgIpc) is 2.91. The van der Waals surface area contributed by atoms with Crippen molar-refractivity contribution < 1.29 is 19.5 Å². The van der Waals surface area contributed by atoms with E-state index in [2.05, 4.69) is 0 Å². The van der Waals surface area contributed by atoms with Crippen LogP contribution in [0.3, 0.4) is 0 Å². The highest BCUT2D eigenvalue weighted by Crippen LogP contribution is 2.48. The number of anilines is 1. The van der Waals surface area contributed by atoms with Crippen molar-refractivity contribution in [3.8, 4) is 0 Å². The summed E-state index contributed by atoms with van der Waals surface area (Å²) in [4.78, 5) is 40.6. The third-order valence-corrected chi connectivity index (χ3v) is 5.63. The van der Waals surface area contributed by atoms with Gasteiger partial charge in [-0.05, 0) is 43.9 Å². The first-order chi connectivity index (χ1) is 12.2. The van der Waals surface area contributed by atoms with E-state index in [0.29, 0.717) is 11.1 Å². The Labute approximate surface area is 151 Å². The van der Waals surface area contributed by atoms with Gasteiger partial charge in [-0.3, -0.25) is 14.4 Å². The first kappa shape index (κ1) is 16.6. The second-order valence-electron chi connectivity index (χ2n) is 7.59. The summed E-state index contributed by atoms with van der Waals surface area (Å²) in [5.74, 6) is -1.41. The minimum Gasteiger partial charge on any atom is -0.481 e. The fourth-order valence-corrected chi connectivity index (χ4v) is 4.51. The van der Waals surface area contributed by atoms with Crippen molar-refractivity contribution in [2.45, 2.75) is 38.8 Å². The maximum Gasteiger partial charge on any atom is 0.305 e. The highest BCUT2D eigenvalue weighted by atomic mass is 16.4. The minimum atomic E-state index is -0.954.